The fraction of sp³-hybridized carbons (Fsp3) is 0.417. The number of fused-ring (bicyclic) bond motifs is 1. The van der Waals surface area contributed by atoms with Crippen LogP contribution < -0.4 is 5.32 Å². The van der Waals surface area contributed by atoms with E-state index in [0.717, 1.165) is 23.4 Å². The first-order chi connectivity index (χ1) is 9.70. The number of aryl methyl sites for hydroxylation is 1. The van der Waals surface area contributed by atoms with Crippen molar-refractivity contribution in [2.45, 2.75) is 26.3 Å². The highest BCUT2D eigenvalue weighted by molar-refractivity contribution is 5.84. The summed E-state index contributed by atoms with van der Waals surface area (Å²) in [6.45, 7) is 4.22. The molecule has 0 radical (unpaired) electrons. The summed E-state index contributed by atoms with van der Waals surface area (Å²) in [5, 5.41) is 11.5. The number of hydrogen-bond donors (Lipinski definition) is 1. The van der Waals surface area contributed by atoms with Crippen LogP contribution in [0.3, 0.4) is 0 Å². The van der Waals surface area contributed by atoms with Crippen LogP contribution >= 0.6 is 0 Å². The molecular formula is C12H16N8. The Morgan fingerprint density at radius 1 is 1.25 bits per heavy atom. The van der Waals surface area contributed by atoms with Crippen LogP contribution in [0.2, 0.25) is 0 Å². The minimum absolute atomic E-state index is 0.321. The molecule has 0 aliphatic carbocycles. The van der Waals surface area contributed by atoms with E-state index in [9.17, 15) is 0 Å². The number of imidazole rings is 1. The van der Waals surface area contributed by atoms with E-state index in [4.69, 9.17) is 0 Å². The van der Waals surface area contributed by atoms with Gasteiger partial charge in [0.05, 0.1) is 12.4 Å². The molecule has 0 aliphatic rings. The van der Waals surface area contributed by atoms with Gasteiger partial charge in [-0.1, -0.05) is 6.92 Å². The van der Waals surface area contributed by atoms with Crippen LogP contribution in [-0.2, 0) is 7.05 Å². The van der Waals surface area contributed by atoms with Gasteiger partial charge in [-0.15, -0.1) is 4.80 Å². The lowest BCUT2D eigenvalue weighted by atomic mass is 10.2. The van der Waals surface area contributed by atoms with Crippen LogP contribution in [0.5, 0.6) is 0 Å². The van der Waals surface area contributed by atoms with Crippen LogP contribution in [0, 0.1) is 0 Å². The monoisotopic (exact) mass is 272 g/mol. The Labute approximate surface area is 115 Å². The van der Waals surface area contributed by atoms with E-state index in [1.807, 2.05) is 11.6 Å². The molecule has 0 aromatic carbocycles. The maximum Gasteiger partial charge on any atom is 0.251 e. The van der Waals surface area contributed by atoms with Crippen LogP contribution in [-0.4, -0.2) is 40.6 Å². The van der Waals surface area contributed by atoms with E-state index < -0.39 is 0 Å². The molecule has 8 heteroatoms. The van der Waals surface area contributed by atoms with E-state index >= 15 is 0 Å². The smallest absolute Gasteiger partial charge is 0.251 e. The molecule has 0 aliphatic heterocycles. The Kier molecular flexibility index (Phi) is 3.05. The van der Waals surface area contributed by atoms with E-state index in [2.05, 4.69) is 44.3 Å². The van der Waals surface area contributed by atoms with Gasteiger partial charge in [-0.2, -0.15) is 10.2 Å². The molecule has 8 nitrogen and oxygen atoms in total. The van der Waals surface area contributed by atoms with Crippen molar-refractivity contribution in [2.24, 2.45) is 7.05 Å². The lowest BCUT2D eigenvalue weighted by Crippen LogP contribution is -2.14. The lowest BCUT2D eigenvalue weighted by Gasteiger charge is -2.11. The van der Waals surface area contributed by atoms with Crippen molar-refractivity contribution in [1.29, 1.82) is 0 Å². The van der Waals surface area contributed by atoms with Gasteiger partial charge in [0.2, 0.25) is 0 Å². The fourth-order valence-electron chi connectivity index (χ4n) is 1.93. The third kappa shape index (κ3) is 1.98. The van der Waals surface area contributed by atoms with Gasteiger partial charge in [0, 0.05) is 13.1 Å². The molecule has 3 aromatic rings. The van der Waals surface area contributed by atoms with Crippen LogP contribution in [0.1, 0.15) is 20.3 Å². The van der Waals surface area contributed by atoms with E-state index in [0.29, 0.717) is 12.0 Å². The van der Waals surface area contributed by atoms with Crippen molar-refractivity contribution in [3.63, 3.8) is 0 Å². The second-order valence-electron chi connectivity index (χ2n) is 4.64. The first-order valence-corrected chi connectivity index (χ1v) is 6.51. The summed E-state index contributed by atoms with van der Waals surface area (Å²) in [4.78, 5) is 14.6. The zero-order valence-corrected chi connectivity index (χ0v) is 11.6. The largest absolute Gasteiger partial charge is 0.366 e. The van der Waals surface area contributed by atoms with Crippen LogP contribution in [0.15, 0.2) is 18.7 Å². The molecule has 1 N–H and O–H groups in total. The number of hydrogen-bond acceptors (Lipinski definition) is 6. The highest BCUT2D eigenvalue weighted by Crippen LogP contribution is 2.21. The summed E-state index contributed by atoms with van der Waals surface area (Å²) in [7, 11) is 1.88. The van der Waals surface area contributed by atoms with Gasteiger partial charge in [0.1, 0.15) is 6.33 Å². The molecule has 0 fully saturated rings. The summed E-state index contributed by atoms with van der Waals surface area (Å²) in [6, 6.07) is 0.321. The first kappa shape index (κ1) is 12.5. The van der Waals surface area contributed by atoms with E-state index in [1.54, 1.807) is 12.4 Å². The average Bonchev–Trinajstić information content (AvgIpc) is 3.08. The zero-order chi connectivity index (χ0) is 14.1. The van der Waals surface area contributed by atoms with Crippen molar-refractivity contribution >= 4 is 17.0 Å². The van der Waals surface area contributed by atoms with Gasteiger partial charge >= 0.3 is 0 Å². The second-order valence-corrected chi connectivity index (χ2v) is 4.64. The second kappa shape index (κ2) is 4.87. The summed E-state index contributed by atoms with van der Waals surface area (Å²) in [5.41, 5.74) is 1.47. The van der Waals surface area contributed by atoms with Crippen molar-refractivity contribution < 1.29 is 0 Å². The van der Waals surface area contributed by atoms with Crippen LogP contribution in [0.25, 0.3) is 17.1 Å². The average molecular weight is 272 g/mol. The molecule has 3 aromatic heterocycles. The molecule has 3 rings (SSSR count). The van der Waals surface area contributed by atoms with Gasteiger partial charge in [-0.25, -0.2) is 15.0 Å². The molecule has 0 bridgehead atoms. The highest BCUT2D eigenvalue weighted by atomic mass is 15.5. The standard InChI is InChI=1S/C12H16N8/c1-4-8(2)17-10-9-11(14-7-13-10)19(3)12(18-9)20-15-5-6-16-20/h5-8H,4H2,1-3H3,(H,13,14,17). The molecule has 0 saturated heterocycles. The first-order valence-electron chi connectivity index (χ1n) is 6.51. The van der Waals surface area contributed by atoms with Crippen molar-refractivity contribution in [3.05, 3.63) is 18.7 Å². The SMILES string of the molecule is CCC(C)Nc1ncnc2c1nc(-n1nccn1)n2C. The minimum Gasteiger partial charge on any atom is -0.366 e. The number of nitrogens with zero attached hydrogens (tertiary/aromatic N) is 7. The Balaban J connectivity index is 2.13. The summed E-state index contributed by atoms with van der Waals surface area (Å²) >= 11 is 0. The molecule has 1 unspecified atom stereocenters. The number of rotatable bonds is 4. The van der Waals surface area contributed by atoms with Gasteiger partial charge in [0.15, 0.2) is 17.0 Å². The van der Waals surface area contributed by atoms with Crippen LogP contribution in [0.4, 0.5) is 5.82 Å². The zero-order valence-electron chi connectivity index (χ0n) is 11.6. The van der Waals surface area contributed by atoms with Crippen molar-refractivity contribution in [2.75, 3.05) is 5.32 Å². The van der Waals surface area contributed by atoms with Gasteiger partial charge in [-0.05, 0) is 13.3 Å². The predicted octanol–water partition coefficient (Wildman–Crippen LogP) is 1.15. The molecular weight excluding hydrogens is 256 g/mol. The summed E-state index contributed by atoms with van der Waals surface area (Å²) < 4.78 is 1.85. The lowest BCUT2D eigenvalue weighted by molar-refractivity contribution is 0.674. The molecule has 0 amide bonds. The summed E-state index contributed by atoms with van der Waals surface area (Å²) in [5.74, 6) is 1.34. The predicted molar refractivity (Wildman–Crippen MR) is 74.6 cm³/mol. The van der Waals surface area contributed by atoms with Gasteiger partial charge in [0.25, 0.3) is 5.95 Å². The minimum atomic E-state index is 0.321. The fourth-order valence-corrected chi connectivity index (χ4v) is 1.93. The number of nitrogens with one attached hydrogen (secondary N) is 1. The quantitative estimate of drug-likeness (QED) is 0.766. The maximum atomic E-state index is 4.56. The third-order valence-corrected chi connectivity index (χ3v) is 3.23. The normalized spacial score (nSPS) is 12.8. The highest BCUT2D eigenvalue weighted by Gasteiger charge is 2.16. The van der Waals surface area contributed by atoms with Crippen molar-refractivity contribution in [1.82, 2.24) is 34.5 Å². The third-order valence-electron chi connectivity index (χ3n) is 3.23. The summed E-state index contributed by atoms with van der Waals surface area (Å²) in [6.07, 6.45) is 5.77. The number of aromatic nitrogens is 7. The molecule has 3 heterocycles. The van der Waals surface area contributed by atoms with Gasteiger partial charge < -0.3 is 5.32 Å². The molecule has 20 heavy (non-hydrogen) atoms. The molecule has 1 atom stereocenters. The van der Waals surface area contributed by atoms with E-state index in [-0.39, 0.29) is 0 Å². The Hall–Kier alpha value is -2.51. The van der Waals surface area contributed by atoms with E-state index in [1.165, 1.54) is 11.1 Å². The Morgan fingerprint density at radius 2 is 2.00 bits per heavy atom. The molecule has 0 saturated carbocycles. The molecule has 0 spiro atoms. The van der Waals surface area contributed by atoms with Crippen molar-refractivity contribution in [3.8, 4) is 5.95 Å². The Bertz CT molecular complexity index is 714. The topological polar surface area (TPSA) is 86.3 Å². The molecule has 104 valence electrons. The Morgan fingerprint density at radius 3 is 2.70 bits per heavy atom. The maximum absolute atomic E-state index is 4.56. The number of anilines is 1. The van der Waals surface area contributed by atoms with Gasteiger partial charge in [-0.3, -0.25) is 4.57 Å².